The summed E-state index contributed by atoms with van der Waals surface area (Å²) in [6.07, 6.45) is 0. The molecule has 0 aliphatic rings. The van der Waals surface area contributed by atoms with Gasteiger partial charge in [0.25, 0.3) is 17.4 Å². The van der Waals surface area contributed by atoms with E-state index in [0.717, 1.165) is 5.39 Å². The van der Waals surface area contributed by atoms with Crippen molar-refractivity contribution < 1.29 is 9.59 Å². The Labute approximate surface area is 137 Å². The minimum Gasteiger partial charge on any atom is -0.355 e. The lowest BCUT2D eigenvalue weighted by molar-refractivity contribution is 0.0961. The Bertz CT molecular complexity index is 992. The van der Waals surface area contributed by atoms with Crippen molar-refractivity contribution >= 4 is 28.4 Å². The minimum atomic E-state index is -0.531. The number of rotatable bonds is 3. The predicted molar refractivity (Wildman–Crippen MR) is 92.4 cm³/mol. The zero-order chi connectivity index (χ0) is 17.1. The first-order chi connectivity index (χ1) is 11.6. The Kier molecular flexibility index (Phi) is 4.11. The van der Waals surface area contributed by atoms with Gasteiger partial charge in [-0.25, -0.2) is 0 Å². The average Bonchev–Trinajstić information content (AvgIpc) is 2.60. The molecule has 0 aliphatic heterocycles. The molecule has 2 amide bonds. The van der Waals surface area contributed by atoms with Crippen molar-refractivity contribution in [3.63, 3.8) is 0 Å². The second-order valence-electron chi connectivity index (χ2n) is 5.21. The molecule has 3 rings (SSSR count). The summed E-state index contributed by atoms with van der Waals surface area (Å²) in [5.41, 5.74) is 1.07. The maximum atomic E-state index is 12.4. The number of nitrogens with one attached hydrogen (secondary N) is 3. The van der Waals surface area contributed by atoms with E-state index in [1.807, 2.05) is 18.2 Å². The van der Waals surface area contributed by atoms with Crippen LogP contribution in [0.15, 0.2) is 59.4 Å². The van der Waals surface area contributed by atoms with Crippen LogP contribution in [-0.4, -0.2) is 23.8 Å². The number of pyridine rings is 1. The number of amides is 2. The molecule has 6 heteroatoms. The molecule has 6 nitrogen and oxygen atoms in total. The number of carbonyl (C=O) groups is 2. The predicted octanol–water partition coefficient (Wildman–Crippen LogP) is 2.14. The fourth-order valence-electron chi connectivity index (χ4n) is 2.40. The largest absolute Gasteiger partial charge is 0.355 e. The van der Waals surface area contributed by atoms with E-state index in [1.165, 1.54) is 7.05 Å². The molecular weight excluding hydrogens is 306 g/mol. The van der Waals surface area contributed by atoms with Crippen LogP contribution in [0.3, 0.4) is 0 Å². The van der Waals surface area contributed by atoms with E-state index in [4.69, 9.17) is 0 Å². The Morgan fingerprint density at radius 3 is 2.54 bits per heavy atom. The van der Waals surface area contributed by atoms with Gasteiger partial charge in [-0.15, -0.1) is 0 Å². The van der Waals surface area contributed by atoms with E-state index >= 15 is 0 Å². The van der Waals surface area contributed by atoms with Gasteiger partial charge in [-0.05, 0) is 35.7 Å². The number of anilines is 1. The molecule has 0 spiro atoms. The van der Waals surface area contributed by atoms with Gasteiger partial charge in [0.15, 0.2) is 0 Å². The molecule has 0 saturated carbocycles. The maximum Gasteiger partial charge on any atom is 0.261 e. The van der Waals surface area contributed by atoms with E-state index < -0.39 is 11.5 Å². The van der Waals surface area contributed by atoms with Crippen molar-refractivity contribution in [3.05, 3.63) is 76.1 Å². The van der Waals surface area contributed by atoms with Crippen LogP contribution in [0.2, 0.25) is 0 Å². The molecule has 3 N–H and O–H groups in total. The Morgan fingerprint density at radius 2 is 1.75 bits per heavy atom. The van der Waals surface area contributed by atoms with Crippen LogP contribution in [-0.2, 0) is 0 Å². The van der Waals surface area contributed by atoms with E-state index in [1.54, 1.807) is 36.4 Å². The summed E-state index contributed by atoms with van der Waals surface area (Å²) in [6.45, 7) is 0. The molecule has 2 aromatic carbocycles. The summed E-state index contributed by atoms with van der Waals surface area (Å²) in [7, 11) is 1.53. The first kappa shape index (κ1) is 15.5. The van der Waals surface area contributed by atoms with Gasteiger partial charge in [0.05, 0.1) is 0 Å². The van der Waals surface area contributed by atoms with Gasteiger partial charge in [0.1, 0.15) is 5.56 Å². The summed E-state index contributed by atoms with van der Waals surface area (Å²) in [5, 5.41) is 5.93. The van der Waals surface area contributed by atoms with Crippen LogP contribution in [0.4, 0.5) is 5.69 Å². The van der Waals surface area contributed by atoms with Gasteiger partial charge in [0, 0.05) is 23.8 Å². The van der Waals surface area contributed by atoms with Gasteiger partial charge >= 0.3 is 0 Å². The van der Waals surface area contributed by atoms with Crippen molar-refractivity contribution in [2.24, 2.45) is 0 Å². The lowest BCUT2D eigenvalue weighted by Gasteiger charge is -2.07. The third kappa shape index (κ3) is 3.03. The number of benzene rings is 2. The van der Waals surface area contributed by atoms with Gasteiger partial charge in [-0.2, -0.15) is 0 Å². The lowest BCUT2D eigenvalue weighted by Crippen LogP contribution is -2.23. The van der Waals surface area contributed by atoms with Crippen LogP contribution >= 0.6 is 0 Å². The van der Waals surface area contributed by atoms with E-state index in [-0.39, 0.29) is 11.5 Å². The molecular formula is C18H15N3O3. The van der Waals surface area contributed by atoms with Gasteiger partial charge in [-0.3, -0.25) is 14.4 Å². The number of H-pyrrole nitrogens is 1. The number of fused-ring (bicyclic) bond motifs is 1. The van der Waals surface area contributed by atoms with Gasteiger partial charge < -0.3 is 15.6 Å². The summed E-state index contributed by atoms with van der Waals surface area (Å²) in [5.74, 6) is -0.786. The van der Waals surface area contributed by atoms with Crippen molar-refractivity contribution in [2.45, 2.75) is 0 Å². The Hall–Kier alpha value is -3.41. The molecule has 3 aromatic rings. The third-order valence-electron chi connectivity index (χ3n) is 3.61. The average molecular weight is 321 g/mol. The fourth-order valence-corrected chi connectivity index (χ4v) is 2.40. The fraction of sp³-hybridized carbons (Fsp3) is 0.0556. The molecule has 120 valence electrons. The Morgan fingerprint density at radius 1 is 0.958 bits per heavy atom. The summed E-state index contributed by atoms with van der Waals surface area (Å²) >= 11 is 0. The van der Waals surface area contributed by atoms with Crippen LogP contribution in [0.1, 0.15) is 20.7 Å². The number of hydrogen-bond donors (Lipinski definition) is 3. The van der Waals surface area contributed by atoms with Crippen molar-refractivity contribution in [3.8, 4) is 0 Å². The number of hydrogen-bond acceptors (Lipinski definition) is 3. The SMILES string of the molecule is CNC(=O)c1cccc(NC(=O)c2cc3ccccc3[nH]c2=O)c1. The lowest BCUT2D eigenvalue weighted by atomic mass is 10.1. The Balaban J connectivity index is 1.92. The standard InChI is InChI=1S/C18H15N3O3/c1-19-16(22)12-6-4-7-13(9-12)20-17(23)14-10-11-5-2-3-8-15(11)21-18(14)24/h2-10H,1H3,(H,19,22)(H,20,23)(H,21,24). The zero-order valence-corrected chi connectivity index (χ0v) is 12.9. The van der Waals surface area contributed by atoms with Crippen molar-refractivity contribution in [2.75, 3.05) is 12.4 Å². The highest BCUT2D eigenvalue weighted by Crippen LogP contribution is 2.14. The molecule has 0 bridgehead atoms. The van der Waals surface area contributed by atoms with E-state index in [0.29, 0.717) is 16.8 Å². The summed E-state index contributed by atoms with van der Waals surface area (Å²) in [6, 6.07) is 15.3. The number of carbonyl (C=O) groups excluding carboxylic acids is 2. The monoisotopic (exact) mass is 321 g/mol. The third-order valence-corrected chi connectivity index (χ3v) is 3.61. The van der Waals surface area contributed by atoms with Gasteiger partial charge in [0.2, 0.25) is 0 Å². The quantitative estimate of drug-likeness (QED) is 0.690. The highest BCUT2D eigenvalue weighted by Gasteiger charge is 2.13. The first-order valence-corrected chi connectivity index (χ1v) is 7.34. The van der Waals surface area contributed by atoms with Crippen LogP contribution in [0, 0.1) is 0 Å². The smallest absolute Gasteiger partial charge is 0.261 e. The van der Waals surface area contributed by atoms with E-state index in [2.05, 4.69) is 15.6 Å². The molecule has 1 heterocycles. The molecule has 0 saturated heterocycles. The molecule has 1 aromatic heterocycles. The molecule has 0 fully saturated rings. The second-order valence-corrected chi connectivity index (χ2v) is 5.21. The van der Waals surface area contributed by atoms with Crippen LogP contribution < -0.4 is 16.2 Å². The second kappa shape index (κ2) is 6.37. The topological polar surface area (TPSA) is 91.1 Å². The molecule has 0 radical (unpaired) electrons. The van der Waals surface area contributed by atoms with Gasteiger partial charge in [-0.1, -0.05) is 24.3 Å². The van der Waals surface area contributed by atoms with E-state index in [9.17, 15) is 14.4 Å². The molecule has 0 unspecified atom stereocenters. The first-order valence-electron chi connectivity index (χ1n) is 7.34. The number of para-hydroxylation sites is 1. The summed E-state index contributed by atoms with van der Waals surface area (Å²) < 4.78 is 0. The maximum absolute atomic E-state index is 12.4. The van der Waals surface area contributed by atoms with Crippen LogP contribution in [0.5, 0.6) is 0 Å². The number of aromatic amines is 1. The molecule has 0 aliphatic carbocycles. The highest BCUT2D eigenvalue weighted by molar-refractivity contribution is 6.06. The summed E-state index contributed by atoms with van der Waals surface area (Å²) in [4.78, 5) is 38.8. The normalized spacial score (nSPS) is 10.4. The molecule has 0 atom stereocenters. The number of aromatic nitrogens is 1. The van der Waals surface area contributed by atoms with Crippen molar-refractivity contribution in [1.29, 1.82) is 0 Å². The van der Waals surface area contributed by atoms with Crippen molar-refractivity contribution in [1.82, 2.24) is 10.3 Å². The minimum absolute atomic E-state index is 0.0130. The van der Waals surface area contributed by atoms with Crippen LogP contribution in [0.25, 0.3) is 10.9 Å². The zero-order valence-electron chi connectivity index (χ0n) is 12.9. The molecule has 24 heavy (non-hydrogen) atoms. The highest BCUT2D eigenvalue weighted by atomic mass is 16.2.